The first-order valence-electron chi connectivity index (χ1n) is 5.16. The van der Waals surface area contributed by atoms with Crippen molar-refractivity contribution in [2.24, 2.45) is 0 Å². The van der Waals surface area contributed by atoms with Crippen molar-refractivity contribution in [3.05, 3.63) is 17.5 Å². The van der Waals surface area contributed by atoms with Gasteiger partial charge in [0.1, 0.15) is 11.0 Å². The third kappa shape index (κ3) is 3.04. The number of aromatic nitrogens is 2. The second kappa shape index (κ2) is 4.77. The molecule has 82 valence electrons. The molecular weight excluding hydrogens is 212 g/mol. The van der Waals surface area contributed by atoms with E-state index in [0.29, 0.717) is 11.2 Å². The number of halogens is 1. The normalized spacial score (nSPS) is 19.1. The maximum atomic E-state index is 5.76. The molecule has 2 rings (SSSR count). The van der Waals surface area contributed by atoms with Crippen molar-refractivity contribution in [1.82, 2.24) is 14.9 Å². The highest BCUT2D eigenvalue weighted by Gasteiger charge is 2.16. The lowest BCUT2D eigenvalue weighted by Crippen LogP contribution is -2.36. The zero-order valence-electron chi connectivity index (χ0n) is 8.78. The van der Waals surface area contributed by atoms with Gasteiger partial charge in [-0.25, -0.2) is 4.98 Å². The fraction of sp³-hybridized carbons (Fsp3) is 0.600. The highest BCUT2D eigenvalue weighted by molar-refractivity contribution is 6.29. The molecule has 0 saturated carbocycles. The number of hydrogen-bond acceptors (Lipinski definition) is 4. The molecule has 2 heterocycles. The monoisotopic (exact) mass is 226 g/mol. The number of rotatable bonds is 2. The van der Waals surface area contributed by atoms with E-state index in [2.05, 4.69) is 27.2 Å². The van der Waals surface area contributed by atoms with E-state index in [9.17, 15) is 0 Å². The van der Waals surface area contributed by atoms with Crippen molar-refractivity contribution >= 4 is 17.4 Å². The van der Waals surface area contributed by atoms with Gasteiger partial charge in [0.15, 0.2) is 0 Å². The summed E-state index contributed by atoms with van der Waals surface area (Å²) in [5.74, 6) is 0.775. The Morgan fingerprint density at radius 2 is 2.13 bits per heavy atom. The number of hydrogen-bond donors (Lipinski definition) is 1. The van der Waals surface area contributed by atoms with E-state index in [1.54, 1.807) is 12.4 Å². The summed E-state index contributed by atoms with van der Waals surface area (Å²) in [6.45, 7) is 2.26. The third-order valence-electron chi connectivity index (χ3n) is 2.68. The molecule has 1 saturated heterocycles. The summed E-state index contributed by atoms with van der Waals surface area (Å²) in [6.07, 6.45) is 5.54. The lowest BCUT2D eigenvalue weighted by Gasteiger charge is -2.29. The molecule has 1 fully saturated rings. The van der Waals surface area contributed by atoms with Crippen molar-refractivity contribution in [1.29, 1.82) is 0 Å². The first-order chi connectivity index (χ1) is 7.24. The minimum absolute atomic E-state index is 0.438. The average molecular weight is 227 g/mol. The molecule has 0 unspecified atom stereocenters. The van der Waals surface area contributed by atoms with Crippen LogP contribution in [-0.4, -0.2) is 41.0 Å². The molecule has 1 aromatic heterocycles. The molecule has 4 nitrogen and oxygen atoms in total. The molecule has 0 aromatic carbocycles. The van der Waals surface area contributed by atoms with Gasteiger partial charge in [-0.3, -0.25) is 4.98 Å². The van der Waals surface area contributed by atoms with Crippen LogP contribution in [0.4, 0.5) is 5.82 Å². The number of likely N-dealkylation sites (tertiary alicyclic amines) is 1. The van der Waals surface area contributed by atoms with Crippen LogP contribution in [0.1, 0.15) is 12.8 Å². The maximum absolute atomic E-state index is 5.76. The summed E-state index contributed by atoms with van der Waals surface area (Å²) in [6, 6.07) is 0.494. The van der Waals surface area contributed by atoms with Crippen LogP contribution in [-0.2, 0) is 0 Å². The number of anilines is 1. The summed E-state index contributed by atoms with van der Waals surface area (Å²) in [7, 11) is 2.15. The van der Waals surface area contributed by atoms with Gasteiger partial charge >= 0.3 is 0 Å². The summed E-state index contributed by atoms with van der Waals surface area (Å²) in [4.78, 5) is 10.5. The Bertz CT molecular complexity index is 323. The van der Waals surface area contributed by atoms with Gasteiger partial charge in [-0.2, -0.15) is 0 Å². The molecule has 1 aliphatic rings. The Kier molecular flexibility index (Phi) is 3.38. The summed E-state index contributed by atoms with van der Waals surface area (Å²) < 4.78 is 0. The van der Waals surface area contributed by atoms with Crippen LogP contribution in [0.25, 0.3) is 0 Å². The van der Waals surface area contributed by atoms with Gasteiger partial charge in [-0.1, -0.05) is 11.6 Å². The first kappa shape index (κ1) is 10.6. The van der Waals surface area contributed by atoms with Crippen molar-refractivity contribution in [3.8, 4) is 0 Å². The molecule has 0 bridgehead atoms. The van der Waals surface area contributed by atoms with Gasteiger partial charge in [0.25, 0.3) is 0 Å². The van der Waals surface area contributed by atoms with Gasteiger partial charge < -0.3 is 10.2 Å². The molecule has 1 N–H and O–H groups in total. The number of nitrogens with zero attached hydrogens (tertiary/aromatic N) is 3. The lowest BCUT2D eigenvalue weighted by molar-refractivity contribution is 0.263. The molecule has 0 aliphatic carbocycles. The predicted molar refractivity (Wildman–Crippen MR) is 61.2 cm³/mol. The molecule has 0 atom stereocenters. The average Bonchev–Trinajstić information content (AvgIpc) is 2.22. The molecular formula is C10H15ClN4. The van der Waals surface area contributed by atoms with Crippen molar-refractivity contribution < 1.29 is 0 Å². The minimum Gasteiger partial charge on any atom is -0.366 e. The minimum atomic E-state index is 0.438. The predicted octanol–water partition coefficient (Wildman–Crippen LogP) is 1.64. The second-order valence-corrected chi connectivity index (χ2v) is 4.34. The van der Waals surface area contributed by atoms with E-state index >= 15 is 0 Å². The number of piperidine rings is 1. The van der Waals surface area contributed by atoms with Crippen molar-refractivity contribution in [3.63, 3.8) is 0 Å². The molecule has 1 aliphatic heterocycles. The smallest absolute Gasteiger partial charge is 0.149 e. The fourth-order valence-electron chi connectivity index (χ4n) is 1.77. The standard InChI is InChI=1S/C10H15ClN4/c1-15-4-2-8(3-5-15)13-10-7-12-6-9(11)14-10/h6-8H,2-5H2,1H3,(H,13,14). The molecule has 0 radical (unpaired) electrons. The van der Waals surface area contributed by atoms with E-state index in [-0.39, 0.29) is 0 Å². The SMILES string of the molecule is CN1CCC(Nc2cncc(Cl)n2)CC1. The van der Waals surface area contributed by atoms with Gasteiger partial charge in [0, 0.05) is 6.04 Å². The van der Waals surface area contributed by atoms with E-state index in [4.69, 9.17) is 11.6 Å². The van der Waals surface area contributed by atoms with Gasteiger partial charge in [-0.05, 0) is 33.0 Å². The fourth-order valence-corrected chi connectivity index (χ4v) is 1.92. The molecule has 0 spiro atoms. The Morgan fingerprint density at radius 3 is 2.80 bits per heavy atom. The third-order valence-corrected chi connectivity index (χ3v) is 2.86. The van der Waals surface area contributed by atoms with Crippen LogP contribution < -0.4 is 5.32 Å². The van der Waals surface area contributed by atoms with E-state index in [1.165, 1.54) is 0 Å². The van der Waals surface area contributed by atoms with Crippen LogP contribution in [0.3, 0.4) is 0 Å². The van der Waals surface area contributed by atoms with E-state index < -0.39 is 0 Å². The summed E-state index contributed by atoms with van der Waals surface area (Å²) >= 11 is 5.76. The zero-order valence-corrected chi connectivity index (χ0v) is 9.54. The Balaban J connectivity index is 1.92. The van der Waals surface area contributed by atoms with Crippen molar-refractivity contribution in [2.45, 2.75) is 18.9 Å². The van der Waals surface area contributed by atoms with Crippen LogP contribution in [0, 0.1) is 0 Å². The molecule has 1 aromatic rings. The molecule has 15 heavy (non-hydrogen) atoms. The van der Waals surface area contributed by atoms with Gasteiger partial charge in [0.05, 0.1) is 12.4 Å². The molecule has 5 heteroatoms. The van der Waals surface area contributed by atoms with Gasteiger partial charge in [0.2, 0.25) is 0 Å². The Morgan fingerprint density at radius 1 is 1.40 bits per heavy atom. The first-order valence-corrected chi connectivity index (χ1v) is 5.54. The van der Waals surface area contributed by atoms with Crippen LogP contribution in [0.5, 0.6) is 0 Å². The van der Waals surface area contributed by atoms with E-state index in [0.717, 1.165) is 31.7 Å². The molecule has 0 amide bonds. The van der Waals surface area contributed by atoms with Crippen molar-refractivity contribution in [2.75, 3.05) is 25.5 Å². The highest BCUT2D eigenvalue weighted by atomic mass is 35.5. The van der Waals surface area contributed by atoms with Crippen LogP contribution >= 0.6 is 11.6 Å². The topological polar surface area (TPSA) is 41.0 Å². The highest BCUT2D eigenvalue weighted by Crippen LogP contribution is 2.14. The maximum Gasteiger partial charge on any atom is 0.149 e. The summed E-state index contributed by atoms with van der Waals surface area (Å²) in [5.41, 5.74) is 0. The Hall–Kier alpha value is -0.870. The van der Waals surface area contributed by atoms with E-state index in [1.807, 2.05) is 0 Å². The largest absolute Gasteiger partial charge is 0.366 e. The summed E-state index contributed by atoms with van der Waals surface area (Å²) in [5, 5.41) is 3.80. The lowest BCUT2D eigenvalue weighted by atomic mass is 10.1. The second-order valence-electron chi connectivity index (χ2n) is 3.95. The number of nitrogens with one attached hydrogen (secondary N) is 1. The van der Waals surface area contributed by atoms with Crippen LogP contribution in [0.2, 0.25) is 5.15 Å². The Labute approximate surface area is 94.7 Å². The van der Waals surface area contributed by atoms with Gasteiger partial charge in [-0.15, -0.1) is 0 Å². The van der Waals surface area contributed by atoms with Crippen LogP contribution in [0.15, 0.2) is 12.4 Å². The zero-order chi connectivity index (χ0) is 10.7. The quantitative estimate of drug-likeness (QED) is 0.833.